The van der Waals surface area contributed by atoms with E-state index >= 15 is 0 Å². The summed E-state index contributed by atoms with van der Waals surface area (Å²) in [5, 5.41) is 15.9. The second-order valence-corrected chi connectivity index (χ2v) is 6.41. The Morgan fingerprint density at radius 2 is 2.25 bits per heavy atom. The van der Waals surface area contributed by atoms with Crippen molar-refractivity contribution < 1.29 is 14.2 Å². The molecule has 134 valence electrons. The van der Waals surface area contributed by atoms with Gasteiger partial charge in [-0.05, 0) is 43.9 Å². The first-order chi connectivity index (χ1) is 11.6. The third-order valence-corrected chi connectivity index (χ3v) is 4.44. The van der Waals surface area contributed by atoms with Crippen molar-refractivity contribution >= 4 is 5.96 Å². The Labute approximate surface area is 143 Å². The number of aliphatic hydroxyl groups excluding tert-OH is 1. The van der Waals surface area contributed by atoms with Crippen LogP contribution in [0.1, 0.15) is 30.9 Å². The van der Waals surface area contributed by atoms with E-state index in [0.717, 1.165) is 37.5 Å². The molecular weight excluding hydrogens is 309 g/mol. The van der Waals surface area contributed by atoms with E-state index in [4.69, 9.17) is 4.74 Å². The number of guanidine groups is 1. The van der Waals surface area contributed by atoms with Crippen molar-refractivity contribution in [2.45, 2.75) is 33.2 Å². The van der Waals surface area contributed by atoms with Crippen molar-refractivity contribution in [1.82, 2.24) is 10.6 Å². The molecule has 1 saturated heterocycles. The van der Waals surface area contributed by atoms with Crippen LogP contribution in [0.3, 0.4) is 0 Å². The van der Waals surface area contributed by atoms with Crippen LogP contribution >= 0.6 is 0 Å². The molecule has 6 heteroatoms. The fourth-order valence-electron chi connectivity index (χ4n) is 2.90. The van der Waals surface area contributed by atoms with E-state index in [2.05, 4.69) is 15.6 Å². The second-order valence-electron chi connectivity index (χ2n) is 6.41. The van der Waals surface area contributed by atoms with E-state index < -0.39 is 0 Å². The van der Waals surface area contributed by atoms with E-state index in [0.29, 0.717) is 25.3 Å². The Balaban J connectivity index is 1.98. The molecular formula is C18H28FN3O2. The van der Waals surface area contributed by atoms with Crippen molar-refractivity contribution in [3.8, 4) is 0 Å². The molecule has 1 aromatic carbocycles. The van der Waals surface area contributed by atoms with Crippen LogP contribution in [-0.4, -0.2) is 44.0 Å². The summed E-state index contributed by atoms with van der Waals surface area (Å²) in [6.07, 6.45) is 1.66. The zero-order valence-corrected chi connectivity index (χ0v) is 14.6. The summed E-state index contributed by atoms with van der Waals surface area (Å²) in [6, 6.07) is 5.06. The van der Waals surface area contributed by atoms with E-state index in [1.165, 1.54) is 6.07 Å². The molecule has 0 aliphatic carbocycles. The zero-order valence-electron chi connectivity index (χ0n) is 14.6. The standard InChI is InChI=1S/C18H28FN3O2/c1-3-20-17(21-11-15-4-5-16(19)14(2)10-15)22-12-18(6-8-23)7-9-24-13-18/h4-5,10,23H,3,6-9,11-13H2,1-2H3,(H2,20,21,22). The van der Waals surface area contributed by atoms with Crippen LogP contribution in [0.2, 0.25) is 0 Å². The summed E-state index contributed by atoms with van der Waals surface area (Å²) < 4.78 is 18.8. The summed E-state index contributed by atoms with van der Waals surface area (Å²) in [4.78, 5) is 4.58. The minimum Gasteiger partial charge on any atom is -0.396 e. The maximum absolute atomic E-state index is 13.3. The maximum Gasteiger partial charge on any atom is 0.191 e. The molecule has 0 bridgehead atoms. The number of benzene rings is 1. The van der Waals surface area contributed by atoms with E-state index in [1.807, 2.05) is 13.0 Å². The average Bonchev–Trinajstić information content (AvgIpc) is 3.02. The quantitative estimate of drug-likeness (QED) is 0.526. The summed E-state index contributed by atoms with van der Waals surface area (Å²) >= 11 is 0. The fourth-order valence-corrected chi connectivity index (χ4v) is 2.90. The maximum atomic E-state index is 13.3. The lowest BCUT2D eigenvalue weighted by atomic mass is 9.84. The number of nitrogens with one attached hydrogen (secondary N) is 2. The zero-order chi connectivity index (χ0) is 17.4. The van der Waals surface area contributed by atoms with Crippen LogP contribution in [0.15, 0.2) is 23.2 Å². The van der Waals surface area contributed by atoms with Gasteiger partial charge >= 0.3 is 0 Å². The Morgan fingerprint density at radius 1 is 1.42 bits per heavy atom. The first-order valence-corrected chi connectivity index (χ1v) is 8.54. The van der Waals surface area contributed by atoms with Crippen LogP contribution < -0.4 is 10.6 Å². The predicted molar refractivity (Wildman–Crippen MR) is 93.5 cm³/mol. The van der Waals surface area contributed by atoms with Gasteiger partial charge in [-0.3, -0.25) is 0 Å². The minimum atomic E-state index is -0.195. The van der Waals surface area contributed by atoms with Crippen molar-refractivity contribution in [1.29, 1.82) is 0 Å². The number of aliphatic hydroxyl groups is 1. The van der Waals surface area contributed by atoms with Crippen LogP contribution in [0.4, 0.5) is 4.39 Å². The lowest BCUT2D eigenvalue weighted by Gasteiger charge is -2.27. The normalized spacial score (nSPS) is 21.1. The summed E-state index contributed by atoms with van der Waals surface area (Å²) in [5.41, 5.74) is 1.57. The van der Waals surface area contributed by atoms with Crippen LogP contribution in [0.5, 0.6) is 0 Å². The van der Waals surface area contributed by atoms with Crippen LogP contribution in [0.25, 0.3) is 0 Å². The predicted octanol–water partition coefficient (Wildman–Crippen LogP) is 1.98. The van der Waals surface area contributed by atoms with Gasteiger partial charge in [-0.2, -0.15) is 0 Å². The van der Waals surface area contributed by atoms with Gasteiger partial charge in [0.05, 0.1) is 13.2 Å². The van der Waals surface area contributed by atoms with Gasteiger partial charge in [0.2, 0.25) is 0 Å². The first kappa shape index (κ1) is 18.7. The second kappa shape index (κ2) is 8.99. The number of hydrogen-bond donors (Lipinski definition) is 3. The van der Waals surface area contributed by atoms with E-state index in [-0.39, 0.29) is 17.8 Å². The van der Waals surface area contributed by atoms with Crippen LogP contribution in [0, 0.1) is 18.2 Å². The van der Waals surface area contributed by atoms with Crippen molar-refractivity contribution in [2.24, 2.45) is 10.4 Å². The Kier molecular flexibility index (Phi) is 6.99. The molecule has 0 amide bonds. The Hall–Kier alpha value is -1.66. The average molecular weight is 337 g/mol. The lowest BCUT2D eigenvalue weighted by molar-refractivity contribution is 0.127. The minimum absolute atomic E-state index is 0.0304. The first-order valence-electron chi connectivity index (χ1n) is 8.54. The monoisotopic (exact) mass is 337 g/mol. The smallest absolute Gasteiger partial charge is 0.191 e. The highest BCUT2D eigenvalue weighted by atomic mass is 19.1. The van der Waals surface area contributed by atoms with E-state index in [1.54, 1.807) is 13.0 Å². The van der Waals surface area contributed by atoms with Crippen molar-refractivity contribution in [3.63, 3.8) is 0 Å². The highest BCUT2D eigenvalue weighted by Gasteiger charge is 2.34. The largest absolute Gasteiger partial charge is 0.396 e. The fraction of sp³-hybridized carbons (Fsp3) is 0.611. The number of aliphatic imine (C=N–C) groups is 1. The van der Waals surface area contributed by atoms with Gasteiger partial charge < -0.3 is 20.5 Å². The number of rotatable bonds is 7. The molecule has 24 heavy (non-hydrogen) atoms. The molecule has 1 aliphatic heterocycles. The van der Waals surface area contributed by atoms with Gasteiger partial charge in [0.1, 0.15) is 5.82 Å². The van der Waals surface area contributed by atoms with Crippen molar-refractivity contribution in [2.75, 3.05) is 32.9 Å². The molecule has 0 aromatic heterocycles. The van der Waals surface area contributed by atoms with Gasteiger partial charge in [-0.15, -0.1) is 0 Å². The third kappa shape index (κ3) is 5.18. The molecule has 1 unspecified atom stereocenters. The highest BCUT2D eigenvalue weighted by molar-refractivity contribution is 5.79. The number of aryl methyl sites for hydroxylation is 1. The summed E-state index contributed by atoms with van der Waals surface area (Å²) in [6.45, 7) is 7.29. The molecule has 0 radical (unpaired) electrons. The number of nitrogens with zero attached hydrogens (tertiary/aromatic N) is 1. The van der Waals surface area contributed by atoms with E-state index in [9.17, 15) is 9.50 Å². The van der Waals surface area contributed by atoms with Gasteiger partial charge in [-0.1, -0.05) is 12.1 Å². The van der Waals surface area contributed by atoms with Gasteiger partial charge in [0.15, 0.2) is 5.96 Å². The summed E-state index contributed by atoms with van der Waals surface area (Å²) in [7, 11) is 0. The lowest BCUT2D eigenvalue weighted by Crippen LogP contribution is -2.44. The third-order valence-electron chi connectivity index (χ3n) is 4.44. The topological polar surface area (TPSA) is 65.9 Å². The Morgan fingerprint density at radius 3 is 2.88 bits per heavy atom. The number of ether oxygens (including phenoxy) is 1. The molecule has 0 saturated carbocycles. The Bertz CT molecular complexity index is 557. The SMILES string of the molecule is CCNC(=NCc1ccc(F)c(C)c1)NCC1(CCO)CCOC1. The van der Waals surface area contributed by atoms with Gasteiger partial charge in [-0.25, -0.2) is 9.38 Å². The summed E-state index contributed by atoms with van der Waals surface area (Å²) in [5.74, 6) is 0.531. The van der Waals surface area contributed by atoms with Gasteiger partial charge in [0, 0.05) is 31.7 Å². The molecule has 0 spiro atoms. The van der Waals surface area contributed by atoms with Gasteiger partial charge in [0.25, 0.3) is 0 Å². The number of hydrogen-bond acceptors (Lipinski definition) is 3. The molecule has 3 N–H and O–H groups in total. The number of halogens is 1. The highest BCUT2D eigenvalue weighted by Crippen LogP contribution is 2.31. The molecule has 1 aromatic rings. The van der Waals surface area contributed by atoms with Crippen molar-refractivity contribution in [3.05, 3.63) is 35.1 Å². The molecule has 2 rings (SSSR count). The molecule has 1 heterocycles. The molecule has 1 atom stereocenters. The molecule has 1 fully saturated rings. The molecule has 5 nitrogen and oxygen atoms in total. The molecule has 1 aliphatic rings. The van der Waals surface area contributed by atoms with Crippen LogP contribution in [-0.2, 0) is 11.3 Å².